The molecule has 0 aromatic rings. The van der Waals surface area contributed by atoms with Gasteiger partial charge >= 0.3 is 0 Å². The Balaban J connectivity index is 1.84. The lowest BCUT2D eigenvalue weighted by atomic mass is 9.63. The van der Waals surface area contributed by atoms with Gasteiger partial charge in [-0.25, -0.2) is 0 Å². The van der Waals surface area contributed by atoms with Crippen LogP contribution in [-0.2, 0) is 4.74 Å². The standard InChI is InChI=1S/C13H21BrO/c1-15-9-3-2-4-12-10-11-5-7-13(12,14)8-6-11/h3,9,11-12H,2,4-8,10H2,1H3/b9-3+. The summed E-state index contributed by atoms with van der Waals surface area (Å²) >= 11 is 4.01. The second kappa shape index (κ2) is 4.90. The normalized spacial score (nSPS) is 39.9. The Kier molecular flexibility index (Phi) is 3.76. The Morgan fingerprint density at radius 3 is 2.73 bits per heavy atom. The molecule has 3 rings (SSSR count). The van der Waals surface area contributed by atoms with Gasteiger partial charge in [0.25, 0.3) is 0 Å². The number of halogens is 1. The molecule has 0 aliphatic heterocycles. The van der Waals surface area contributed by atoms with Crippen molar-refractivity contribution in [3.63, 3.8) is 0 Å². The Labute approximate surface area is 101 Å². The molecule has 0 aromatic carbocycles. The van der Waals surface area contributed by atoms with Crippen molar-refractivity contribution in [1.29, 1.82) is 0 Å². The van der Waals surface area contributed by atoms with Gasteiger partial charge in [-0.1, -0.05) is 15.9 Å². The van der Waals surface area contributed by atoms with Crippen LogP contribution in [0.25, 0.3) is 0 Å². The van der Waals surface area contributed by atoms with E-state index in [9.17, 15) is 0 Å². The molecule has 0 radical (unpaired) electrons. The maximum atomic E-state index is 4.93. The highest BCUT2D eigenvalue weighted by molar-refractivity contribution is 9.10. The first-order valence-electron chi connectivity index (χ1n) is 6.11. The van der Waals surface area contributed by atoms with E-state index in [-0.39, 0.29) is 0 Å². The lowest BCUT2D eigenvalue weighted by Crippen LogP contribution is -2.42. The molecule has 0 amide bonds. The van der Waals surface area contributed by atoms with Crippen LogP contribution in [0.4, 0.5) is 0 Å². The summed E-state index contributed by atoms with van der Waals surface area (Å²) in [4.78, 5) is 0. The fourth-order valence-corrected chi connectivity index (χ4v) is 4.13. The van der Waals surface area contributed by atoms with Gasteiger partial charge in [-0.15, -0.1) is 0 Å². The van der Waals surface area contributed by atoms with Gasteiger partial charge in [0, 0.05) is 4.32 Å². The third-order valence-electron chi connectivity index (χ3n) is 4.20. The molecule has 1 unspecified atom stereocenters. The largest absolute Gasteiger partial charge is 0.505 e. The Morgan fingerprint density at radius 1 is 1.40 bits per heavy atom. The van der Waals surface area contributed by atoms with Crippen LogP contribution >= 0.6 is 15.9 Å². The molecule has 3 aliphatic rings. The summed E-state index contributed by atoms with van der Waals surface area (Å²) in [5.74, 6) is 1.92. The SMILES string of the molecule is CO/C=C/CCC1CC2CCC1(Br)CC2. The highest BCUT2D eigenvalue weighted by Crippen LogP contribution is 2.54. The van der Waals surface area contributed by atoms with Crippen molar-refractivity contribution in [2.75, 3.05) is 7.11 Å². The zero-order valence-corrected chi connectivity index (χ0v) is 11.1. The minimum Gasteiger partial charge on any atom is -0.505 e. The number of ether oxygens (including phenoxy) is 1. The second-order valence-corrected chi connectivity index (χ2v) is 6.67. The molecule has 0 N–H and O–H groups in total. The molecule has 1 atom stereocenters. The minimum absolute atomic E-state index is 0.489. The zero-order chi connectivity index (χ0) is 10.7. The van der Waals surface area contributed by atoms with Crippen molar-refractivity contribution in [2.24, 2.45) is 11.8 Å². The Morgan fingerprint density at radius 2 is 2.13 bits per heavy atom. The highest BCUT2D eigenvalue weighted by Gasteiger charge is 2.45. The van der Waals surface area contributed by atoms with Crippen molar-refractivity contribution in [3.8, 4) is 0 Å². The van der Waals surface area contributed by atoms with Crippen molar-refractivity contribution in [2.45, 2.75) is 49.3 Å². The van der Waals surface area contributed by atoms with Gasteiger partial charge in [0.1, 0.15) is 0 Å². The molecule has 15 heavy (non-hydrogen) atoms. The van der Waals surface area contributed by atoms with E-state index in [0.29, 0.717) is 4.32 Å². The van der Waals surface area contributed by atoms with Crippen LogP contribution in [0.1, 0.15) is 44.9 Å². The summed E-state index contributed by atoms with van der Waals surface area (Å²) in [5.41, 5.74) is 0. The lowest BCUT2D eigenvalue weighted by molar-refractivity contribution is 0.125. The van der Waals surface area contributed by atoms with Crippen molar-refractivity contribution >= 4 is 15.9 Å². The monoisotopic (exact) mass is 272 g/mol. The summed E-state index contributed by atoms with van der Waals surface area (Å²) in [6.45, 7) is 0. The van der Waals surface area contributed by atoms with Gasteiger partial charge in [-0.2, -0.15) is 0 Å². The molecule has 2 bridgehead atoms. The minimum atomic E-state index is 0.489. The van der Waals surface area contributed by atoms with E-state index in [4.69, 9.17) is 4.74 Å². The highest BCUT2D eigenvalue weighted by atomic mass is 79.9. The summed E-state index contributed by atoms with van der Waals surface area (Å²) in [6.07, 6.45) is 13.6. The van der Waals surface area contributed by atoms with Crippen LogP contribution in [0.2, 0.25) is 0 Å². The zero-order valence-electron chi connectivity index (χ0n) is 9.55. The fraction of sp³-hybridized carbons (Fsp3) is 0.846. The number of rotatable bonds is 4. The average Bonchev–Trinajstić information content (AvgIpc) is 2.26. The Bertz CT molecular complexity index is 229. The van der Waals surface area contributed by atoms with Gasteiger partial charge in [0.05, 0.1) is 13.4 Å². The van der Waals surface area contributed by atoms with E-state index in [0.717, 1.165) is 11.8 Å². The van der Waals surface area contributed by atoms with Gasteiger partial charge in [0.2, 0.25) is 0 Å². The molecule has 3 fully saturated rings. The molecule has 0 heterocycles. The summed E-state index contributed by atoms with van der Waals surface area (Å²) in [7, 11) is 1.71. The number of alkyl halides is 1. The molecule has 3 saturated carbocycles. The van der Waals surface area contributed by atoms with Crippen molar-refractivity contribution in [1.82, 2.24) is 0 Å². The maximum absolute atomic E-state index is 4.93. The number of hydrogen-bond donors (Lipinski definition) is 0. The van der Waals surface area contributed by atoms with E-state index < -0.39 is 0 Å². The number of methoxy groups -OCH3 is 1. The van der Waals surface area contributed by atoms with Crippen LogP contribution in [-0.4, -0.2) is 11.4 Å². The van der Waals surface area contributed by atoms with E-state index in [1.165, 1.54) is 44.9 Å². The molecule has 1 nitrogen and oxygen atoms in total. The molecule has 0 saturated heterocycles. The third kappa shape index (κ3) is 2.58. The van der Waals surface area contributed by atoms with Gasteiger partial charge in [0.15, 0.2) is 0 Å². The van der Waals surface area contributed by atoms with E-state index >= 15 is 0 Å². The van der Waals surface area contributed by atoms with Crippen molar-refractivity contribution < 1.29 is 4.74 Å². The predicted octanol–water partition coefficient (Wildman–Crippen LogP) is 4.27. The first-order valence-corrected chi connectivity index (χ1v) is 6.90. The summed E-state index contributed by atoms with van der Waals surface area (Å²) in [5, 5.41) is 0. The maximum Gasteiger partial charge on any atom is 0.0784 e. The van der Waals surface area contributed by atoms with E-state index in [1.54, 1.807) is 7.11 Å². The smallest absolute Gasteiger partial charge is 0.0784 e. The molecule has 3 aliphatic carbocycles. The van der Waals surface area contributed by atoms with E-state index in [2.05, 4.69) is 22.0 Å². The first-order chi connectivity index (χ1) is 7.24. The topological polar surface area (TPSA) is 9.23 Å². The summed E-state index contributed by atoms with van der Waals surface area (Å²) in [6, 6.07) is 0. The predicted molar refractivity (Wildman–Crippen MR) is 67.1 cm³/mol. The van der Waals surface area contributed by atoms with Crippen molar-refractivity contribution in [3.05, 3.63) is 12.3 Å². The third-order valence-corrected chi connectivity index (χ3v) is 5.64. The van der Waals surface area contributed by atoms with Crippen LogP contribution in [0.15, 0.2) is 12.3 Å². The van der Waals surface area contributed by atoms with Crippen LogP contribution in [0.3, 0.4) is 0 Å². The molecule has 2 heteroatoms. The first kappa shape index (κ1) is 11.5. The molecular formula is C13H21BrO. The number of allylic oxidation sites excluding steroid dienone is 1. The second-order valence-electron chi connectivity index (χ2n) is 5.10. The van der Waals surface area contributed by atoms with Gasteiger partial charge in [-0.05, 0) is 62.9 Å². The number of hydrogen-bond acceptors (Lipinski definition) is 1. The van der Waals surface area contributed by atoms with Crippen LogP contribution in [0.5, 0.6) is 0 Å². The summed E-state index contributed by atoms with van der Waals surface area (Å²) < 4.78 is 5.41. The Hall–Kier alpha value is 0.0200. The van der Waals surface area contributed by atoms with Gasteiger partial charge < -0.3 is 4.74 Å². The number of fused-ring (bicyclic) bond motifs is 3. The molecule has 86 valence electrons. The van der Waals surface area contributed by atoms with E-state index in [1.807, 2.05) is 6.26 Å². The van der Waals surface area contributed by atoms with Crippen LogP contribution in [0, 0.1) is 11.8 Å². The quantitative estimate of drug-likeness (QED) is 0.549. The van der Waals surface area contributed by atoms with Gasteiger partial charge in [-0.3, -0.25) is 0 Å². The average molecular weight is 273 g/mol. The lowest BCUT2D eigenvalue weighted by Gasteiger charge is -2.49. The van der Waals surface area contributed by atoms with Crippen LogP contribution < -0.4 is 0 Å². The molecule has 0 aromatic heterocycles. The fourth-order valence-electron chi connectivity index (χ4n) is 3.25. The molecular weight excluding hydrogens is 252 g/mol. The molecule has 0 spiro atoms.